The molecule has 0 radical (unpaired) electrons. The average molecular weight is 441 g/mol. The van der Waals surface area contributed by atoms with E-state index in [1.54, 1.807) is 36.9 Å². The van der Waals surface area contributed by atoms with Crippen LogP contribution in [0.15, 0.2) is 77.7 Å². The third-order valence-electron chi connectivity index (χ3n) is 4.66. The number of anilines is 2. The lowest BCUT2D eigenvalue weighted by Gasteiger charge is -2.19. The standard InChI is InChI=1S/C23H24N2O3S2/c1-17-15-19(11-14-22(17)25(2)30(3,27)28)23(26)24-20-12-9-18(10-13-20)16-29-21-7-5-4-6-8-21/h4-15H,16H2,1-3H3,(H,24,26). The molecule has 0 heterocycles. The zero-order chi connectivity index (χ0) is 21.7. The Morgan fingerprint density at radius 2 is 1.67 bits per heavy atom. The number of rotatable bonds is 7. The number of benzene rings is 3. The summed E-state index contributed by atoms with van der Waals surface area (Å²) in [5.41, 5.74) is 3.62. The second-order valence-corrected chi connectivity index (χ2v) is 10.0. The molecule has 5 nitrogen and oxygen atoms in total. The number of sulfonamides is 1. The molecule has 156 valence electrons. The first-order valence-corrected chi connectivity index (χ1v) is 12.2. The van der Waals surface area contributed by atoms with Crippen molar-refractivity contribution >= 4 is 39.1 Å². The van der Waals surface area contributed by atoms with Crippen molar-refractivity contribution in [1.29, 1.82) is 0 Å². The Kier molecular flexibility index (Phi) is 6.84. The monoisotopic (exact) mass is 440 g/mol. The highest BCUT2D eigenvalue weighted by molar-refractivity contribution is 7.98. The van der Waals surface area contributed by atoms with Crippen molar-refractivity contribution in [3.63, 3.8) is 0 Å². The van der Waals surface area contributed by atoms with Crippen LogP contribution >= 0.6 is 11.8 Å². The van der Waals surface area contributed by atoms with E-state index >= 15 is 0 Å². The van der Waals surface area contributed by atoms with E-state index in [0.29, 0.717) is 22.5 Å². The molecule has 30 heavy (non-hydrogen) atoms. The predicted molar refractivity (Wildman–Crippen MR) is 125 cm³/mol. The lowest BCUT2D eigenvalue weighted by atomic mass is 10.1. The molecule has 3 aromatic carbocycles. The third-order valence-corrected chi connectivity index (χ3v) is 6.93. The van der Waals surface area contributed by atoms with E-state index in [2.05, 4.69) is 17.4 Å². The van der Waals surface area contributed by atoms with Gasteiger partial charge < -0.3 is 5.32 Å². The largest absolute Gasteiger partial charge is 0.322 e. The number of aryl methyl sites for hydroxylation is 1. The molecule has 0 aliphatic carbocycles. The van der Waals surface area contributed by atoms with Crippen molar-refractivity contribution < 1.29 is 13.2 Å². The van der Waals surface area contributed by atoms with Gasteiger partial charge in [0.15, 0.2) is 0 Å². The molecular weight excluding hydrogens is 416 g/mol. The summed E-state index contributed by atoms with van der Waals surface area (Å²) in [6, 6.07) is 23.0. The Morgan fingerprint density at radius 1 is 1.00 bits per heavy atom. The van der Waals surface area contributed by atoms with Crippen LogP contribution in [-0.2, 0) is 15.8 Å². The fourth-order valence-electron chi connectivity index (χ4n) is 2.90. The summed E-state index contributed by atoms with van der Waals surface area (Å²) in [6.45, 7) is 1.78. The maximum Gasteiger partial charge on any atom is 0.255 e. The molecule has 3 aromatic rings. The third kappa shape index (κ3) is 5.64. The second-order valence-electron chi connectivity index (χ2n) is 6.98. The van der Waals surface area contributed by atoms with Gasteiger partial charge in [0.05, 0.1) is 11.9 Å². The first-order valence-electron chi connectivity index (χ1n) is 9.37. The Balaban J connectivity index is 1.63. The molecule has 1 N–H and O–H groups in total. The number of hydrogen-bond acceptors (Lipinski definition) is 4. The highest BCUT2D eigenvalue weighted by atomic mass is 32.2. The Hall–Kier alpha value is -2.77. The number of nitrogens with zero attached hydrogens (tertiary/aromatic N) is 1. The van der Waals surface area contributed by atoms with Gasteiger partial charge in [0, 0.05) is 28.9 Å². The summed E-state index contributed by atoms with van der Waals surface area (Å²) in [7, 11) is -1.86. The van der Waals surface area contributed by atoms with Crippen LogP contribution < -0.4 is 9.62 Å². The molecule has 0 spiro atoms. The van der Waals surface area contributed by atoms with Crippen molar-refractivity contribution in [3.8, 4) is 0 Å². The molecule has 0 atom stereocenters. The molecule has 0 saturated heterocycles. The van der Waals surface area contributed by atoms with Crippen molar-refractivity contribution in [1.82, 2.24) is 0 Å². The SMILES string of the molecule is Cc1cc(C(=O)Nc2ccc(CSc3ccccc3)cc2)ccc1N(C)S(C)(=O)=O. The Morgan fingerprint density at radius 3 is 2.27 bits per heavy atom. The van der Waals surface area contributed by atoms with Gasteiger partial charge in [-0.1, -0.05) is 30.3 Å². The molecule has 1 amide bonds. The van der Waals surface area contributed by atoms with Gasteiger partial charge in [-0.05, 0) is 60.5 Å². The van der Waals surface area contributed by atoms with Crippen molar-refractivity contribution in [2.75, 3.05) is 22.9 Å². The molecule has 7 heteroatoms. The summed E-state index contributed by atoms with van der Waals surface area (Å²) >= 11 is 1.76. The average Bonchev–Trinajstić information content (AvgIpc) is 2.73. The zero-order valence-corrected chi connectivity index (χ0v) is 18.8. The fourth-order valence-corrected chi connectivity index (χ4v) is 4.34. The summed E-state index contributed by atoms with van der Waals surface area (Å²) in [5.74, 6) is 0.616. The van der Waals surface area contributed by atoms with Gasteiger partial charge in [-0.3, -0.25) is 9.10 Å². The fraction of sp³-hybridized carbons (Fsp3) is 0.174. The highest BCUT2D eigenvalue weighted by Gasteiger charge is 2.16. The molecule has 0 unspecified atom stereocenters. The number of thioether (sulfide) groups is 1. The van der Waals surface area contributed by atoms with Crippen LogP contribution in [0.25, 0.3) is 0 Å². The van der Waals surface area contributed by atoms with Gasteiger partial charge in [-0.15, -0.1) is 11.8 Å². The van der Waals surface area contributed by atoms with Crippen LogP contribution in [0.1, 0.15) is 21.5 Å². The molecule has 0 aromatic heterocycles. The van der Waals surface area contributed by atoms with E-state index in [4.69, 9.17) is 0 Å². The predicted octanol–water partition coefficient (Wildman–Crippen LogP) is 4.94. The molecular formula is C23H24N2O3S2. The van der Waals surface area contributed by atoms with E-state index in [1.165, 1.54) is 21.8 Å². The second kappa shape index (κ2) is 9.36. The molecule has 0 saturated carbocycles. The molecule has 0 bridgehead atoms. The Bertz CT molecular complexity index is 1130. The summed E-state index contributed by atoms with van der Waals surface area (Å²) in [6.07, 6.45) is 1.15. The van der Waals surface area contributed by atoms with E-state index in [0.717, 1.165) is 12.0 Å². The highest BCUT2D eigenvalue weighted by Crippen LogP contribution is 2.24. The van der Waals surface area contributed by atoms with Crippen LogP contribution in [0.2, 0.25) is 0 Å². The van der Waals surface area contributed by atoms with E-state index in [-0.39, 0.29) is 5.91 Å². The van der Waals surface area contributed by atoms with E-state index < -0.39 is 10.0 Å². The lowest BCUT2D eigenvalue weighted by molar-refractivity contribution is 0.102. The number of hydrogen-bond donors (Lipinski definition) is 1. The molecule has 0 fully saturated rings. The minimum absolute atomic E-state index is 0.238. The van der Waals surface area contributed by atoms with Gasteiger partial charge in [-0.2, -0.15) is 0 Å². The van der Waals surface area contributed by atoms with Crippen molar-refractivity contribution in [2.24, 2.45) is 0 Å². The van der Waals surface area contributed by atoms with Gasteiger partial charge in [0.1, 0.15) is 0 Å². The maximum atomic E-state index is 12.6. The molecule has 0 aliphatic heterocycles. The van der Waals surface area contributed by atoms with Crippen LogP contribution in [0.3, 0.4) is 0 Å². The van der Waals surface area contributed by atoms with Crippen LogP contribution in [0.5, 0.6) is 0 Å². The van der Waals surface area contributed by atoms with Gasteiger partial charge in [0.25, 0.3) is 5.91 Å². The van der Waals surface area contributed by atoms with Crippen LogP contribution in [-0.4, -0.2) is 27.6 Å². The van der Waals surface area contributed by atoms with Crippen LogP contribution in [0, 0.1) is 6.92 Å². The quantitative estimate of drug-likeness (QED) is 0.529. The minimum Gasteiger partial charge on any atom is -0.322 e. The topological polar surface area (TPSA) is 66.5 Å². The minimum atomic E-state index is -3.36. The molecule has 3 rings (SSSR count). The summed E-state index contributed by atoms with van der Waals surface area (Å²) in [4.78, 5) is 13.8. The summed E-state index contributed by atoms with van der Waals surface area (Å²) in [5, 5.41) is 2.89. The van der Waals surface area contributed by atoms with Crippen molar-refractivity contribution in [3.05, 3.63) is 89.5 Å². The zero-order valence-electron chi connectivity index (χ0n) is 17.1. The lowest BCUT2D eigenvalue weighted by Crippen LogP contribution is -2.25. The van der Waals surface area contributed by atoms with Gasteiger partial charge in [-0.25, -0.2) is 8.42 Å². The summed E-state index contributed by atoms with van der Waals surface area (Å²) < 4.78 is 24.7. The Labute approximate surface area is 182 Å². The van der Waals surface area contributed by atoms with Crippen LogP contribution in [0.4, 0.5) is 11.4 Å². The van der Waals surface area contributed by atoms with Gasteiger partial charge in [0.2, 0.25) is 10.0 Å². The number of carbonyl (C=O) groups excluding carboxylic acids is 1. The van der Waals surface area contributed by atoms with Gasteiger partial charge >= 0.3 is 0 Å². The van der Waals surface area contributed by atoms with E-state index in [9.17, 15) is 13.2 Å². The van der Waals surface area contributed by atoms with E-state index in [1.807, 2.05) is 42.5 Å². The number of nitrogens with one attached hydrogen (secondary N) is 1. The first kappa shape index (κ1) is 21.9. The maximum absolute atomic E-state index is 12.6. The molecule has 0 aliphatic rings. The van der Waals surface area contributed by atoms with Crippen molar-refractivity contribution in [2.45, 2.75) is 17.6 Å². The smallest absolute Gasteiger partial charge is 0.255 e. The number of carbonyl (C=O) groups is 1. The number of amides is 1. The first-order chi connectivity index (χ1) is 14.2. The normalized spacial score (nSPS) is 11.2.